The lowest BCUT2D eigenvalue weighted by Gasteiger charge is -2.53. The Hall–Kier alpha value is -0.560. The van der Waals surface area contributed by atoms with Gasteiger partial charge in [0.15, 0.2) is 6.29 Å². The summed E-state index contributed by atoms with van der Waals surface area (Å²) in [5.41, 5.74) is -0.939. The number of ether oxygens (including phenoxy) is 4. The van der Waals surface area contributed by atoms with Crippen molar-refractivity contribution in [3.05, 3.63) is 0 Å². The molecule has 246 valence electrons. The van der Waals surface area contributed by atoms with Crippen LogP contribution in [0.1, 0.15) is 81.1 Å². The highest BCUT2D eigenvalue weighted by Gasteiger charge is 2.59. The first-order chi connectivity index (χ1) is 19.7. The van der Waals surface area contributed by atoms with Gasteiger partial charge >= 0.3 is 0 Å². The van der Waals surface area contributed by atoms with Crippen molar-refractivity contribution in [1.29, 1.82) is 0 Å². The average Bonchev–Trinajstić information content (AvgIpc) is 3.91. The van der Waals surface area contributed by atoms with Gasteiger partial charge in [0.2, 0.25) is 0 Å². The second kappa shape index (κ2) is 13.0. The SMILES string of the molecule is CCC(C)(CC)OC1C(CO)OC(OC2C(CO)OC(C(C)(CC)CC)C(NC3(C)OO3)C2O)C(NC2(C)OO2)C1O. The Morgan fingerprint density at radius 3 is 1.64 bits per heavy atom. The fraction of sp³-hybridized carbons (Fsp3) is 1.00. The maximum Gasteiger partial charge on any atom is 0.285 e. The van der Waals surface area contributed by atoms with Crippen LogP contribution >= 0.6 is 0 Å². The molecular weight excluding hydrogens is 556 g/mol. The highest BCUT2D eigenvalue weighted by molar-refractivity contribution is 5.05. The molecule has 4 aliphatic rings. The van der Waals surface area contributed by atoms with E-state index in [4.69, 9.17) is 38.5 Å². The molecule has 0 aromatic rings. The summed E-state index contributed by atoms with van der Waals surface area (Å²) in [6, 6.07) is -1.70. The lowest BCUT2D eigenvalue weighted by atomic mass is 9.72. The zero-order chi connectivity index (χ0) is 31.1. The molecule has 0 saturated carbocycles. The second-order valence-corrected chi connectivity index (χ2v) is 12.8. The average molecular weight is 609 g/mol. The molecule has 0 aromatic carbocycles. The third-order valence-corrected chi connectivity index (χ3v) is 9.79. The highest BCUT2D eigenvalue weighted by Crippen LogP contribution is 2.42. The predicted molar refractivity (Wildman–Crippen MR) is 146 cm³/mol. The summed E-state index contributed by atoms with van der Waals surface area (Å²) in [4.78, 5) is 20.3. The summed E-state index contributed by atoms with van der Waals surface area (Å²) < 4.78 is 25.4. The molecule has 4 heterocycles. The monoisotopic (exact) mass is 608 g/mol. The van der Waals surface area contributed by atoms with Gasteiger partial charge in [-0.1, -0.05) is 34.6 Å². The zero-order valence-corrected chi connectivity index (χ0v) is 26.1. The van der Waals surface area contributed by atoms with E-state index in [1.165, 1.54) is 0 Å². The first kappa shape index (κ1) is 34.3. The number of aliphatic hydroxyl groups excluding tert-OH is 4. The first-order valence-corrected chi connectivity index (χ1v) is 15.2. The van der Waals surface area contributed by atoms with Crippen molar-refractivity contribution in [3.63, 3.8) is 0 Å². The van der Waals surface area contributed by atoms with E-state index < -0.39 is 91.7 Å². The molecule has 6 N–H and O–H groups in total. The van der Waals surface area contributed by atoms with Crippen molar-refractivity contribution in [2.24, 2.45) is 5.41 Å². The molecule has 0 amide bonds. The van der Waals surface area contributed by atoms with Crippen LogP contribution in [0.15, 0.2) is 0 Å². The molecule has 14 nitrogen and oxygen atoms in total. The minimum absolute atomic E-state index is 0.364. The van der Waals surface area contributed by atoms with Gasteiger partial charge < -0.3 is 39.4 Å². The van der Waals surface area contributed by atoms with Crippen molar-refractivity contribution < 1.29 is 58.9 Å². The van der Waals surface area contributed by atoms with Crippen molar-refractivity contribution in [2.75, 3.05) is 13.2 Å². The van der Waals surface area contributed by atoms with Gasteiger partial charge in [0.1, 0.15) is 36.6 Å². The predicted octanol–water partition coefficient (Wildman–Crippen LogP) is 0.548. The van der Waals surface area contributed by atoms with Crippen molar-refractivity contribution in [3.8, 4) is 0 Å². The van der Waals surface area contributed by atoms with Crippen LogP contribution in [-0.4, -0.2) is 112 Å². The van der Waals surface area contributed by atoms with Gasteiger partial charge in [-0.3, -0.25) is 10.6 Å². The first-order valence-electron chi connectivity index (χ1n) is 15.2. The molecule has 4 rings (SSSR count). The standard InChI is InChI=1S/C28H52N2O12/c1-9-25(5,10-2)23-17(29-27(7)39-40-27)19(33)21(15(13-31)35-23)37-24-18(30-28(8)41-42-28)20(34)22(16(14-32)36-24)38-26(6,11-3)12-4/h15-24,29-34H,9-14H2,1-8H3. The number of nitrogens with one attached hydrogen (secondary N) is 2. The Morgan fingerprint density at radius 2 is 1.19 bits per heavy atom. The maximum atomic E-state index is 11.8. The van der Waals surface area contributed by atoms with Gasteiger partial charge in [0, 0.05) is 13.8 Å². The van der Waals surface area contributed by atoms with Gasteiger partial charge in [-0.05, 0) is 38.0 Å². The minimum atomic E-state index is -1.24. The normalized spacial score (nSPS) is 39.7. The topological polar surface area (TPSA) is 192 Å². The fourth-order valence-corrected chi connectivity index (χ4v) is 5.89. The van der Waals surface area contributed by atoms with E-state index in [1.807, 2.05) is 34.6 Å². The fourth-order valence-electron chi connectivity index (χ4n) is 5.89. The van der Waals surface area contributed by atoms with Crippen LogP contribution in [0.3, 0.4) is 0 Å². The Morgan fingerprint density at radius 1 is 0.714 bits per heavy atom. The van der Waals surface area contributed by atoms with Crippen LogP contribution < -0.4 is 10.6 Å². The van der Waals surface area contributed by atoms with E-state index in [0.717, 1.165) is 12.8 Å². The van der Waals surface area contributed by atoms with Gasteiger partial charge in [0.05, 0.1) is 37.0 Å². The van der Waals surface area contributed by atoms with E-state index in [0.29, 0.717) is 12.8 Å². The lowest BCUT2D eigenvalue weighted by molar-refractivity contribution is -0.333. The molecule has 14 heteroatoms. The Balaban J connectivity index is 1.63. The van der Waals surface area contributed by atoms with Gasteiger partial charge in [-0.2, -0.15) is 19.6 Å². The van der Waals surface area contributed by atoms with Crippen LogP contribution in [-0.2, 0) is 38.5 Å². The molecule has 0 aliphatic carbocycles. The second-order valence-electron chi connectivity index (χ2n) is 12.8. The van der Waals surface area contributed by atoms with Crippen LogP contribution in [0, 0.1) is 5.41 Å². The van der Waals surface area contributed by atoms with Crippen LogP contribution in [0.5, 0.6) is 0 Å². The smallest absolute Gasteiger partial charge is 0.285 e. The van der Waals surface area contributed by atoms with Crippen LogP contribution in [0.25, 0.3) is 0 Å². The lowest BCUT2D eigenvalue weighted by Crippen LogP contribution is -2.71. The van der Waals surface area contributed by atoms with Crippen LogP contribution in [0.4, 0.5) is 0 Å². The van der Waals surface area contributed by atoms with E-state index >= 15 is 0 Å². The van der Waals surface area contributed by atoms with Crippen molar-refractivity contribution in [1.82, 2.24) is 10.6 Å². The third-order valence-electron chi connectivity index (χ3n) is 9.79. The highest BCUT2D eigenvalue weighted by atomic mass is 17.4. The zero-order valence-electron chi connectivity index (χ0n) is 26.1. The molecule has 4 aliphatic heterocycles. The van der Waals surface area contributed by atoms with E-state index in [-0.39, 0.29) is 5.41 Å². The van der Waals surface area contributed by atoms with Crippen LogP contribution in [0.2, 0.25) is 0 Å². The number of aliphatic hydroxyl groups is 4. The number of rotatable bonds is 15. The molecule has 0 radical (unpaired) electrons. The third kappa shape index (κ3) is 7.12. The largest absolute Gasteiger partial charge is 0.394 e. The maximum absolute atomic E-state index is 11.8. The van der Waals surface area contributed by atoms with Crippen molar-refractivity contribution in [2.45, 2.75) is 160 Å². The summed E-state index contributed by atoms with van der Waals surface area (Å²) in [6.07, 6.45) is -5.33. The molecule has 42 heavy (non-hydrogen) atoms. The quantitative estimate of drug-likeness (QED) is 0.112. The number of hydrogen-bond acceptors (Lipinski definition) is 14. The van der Waals surface area contributed by atoms with Gasteiger partial charge in [-0.25, -0.2) is 0 Å². The molecule has 0 aromatic heterocycles. The molecule has 0 spiro atoms. The Kier molecular flexibility index (Phi) is 10.7. The summed E-state index contributed by atoms with van der Waals surface area (Å²) >= 11 is 0. The van der Waals surface area contributed by atoms with Crippen molar-refractivity contribution >= 4 is 0 Å². The van der Waals surface area contributed by atoms with E-state index in [1.54, 1.807) is 13.8 Å². The number of hydrogen-bond donors (Lipinski definition) is 6. The minimum Gasteiger partial charge on any atom is -0.394 e. The van der Waals surface area contributed by atoms with Gasteiger partial charge in [0.25, 0.3) is 11.8 Å². The molecule has 10 unspecified atom stereocenters. The molecule has 10 atom stereocenters. The molecule has 4 fully saturated rings. The molecule has 4 saturated heterocycles. The molecule has 0 bridgehead atoms. The molecular formula is C28H52N2O12. The summed E-state index contributed by atoms with van der Waals surface area (Å²) in [6.45, 7) is 14.5. The summed E-state index contributed by atoms with van der Waals surface area (Å²) in [7, 11) is 0. The van der Waals surface area contributed by atoms with E-state index in [9.17, 15) is 20.4 Å². The Labute approximate surface area is 248 Å². The summed E-state index contributed by atoms with van der Waals surface area (Å²) in [5.74, 6) is -2.32. The summed E-state index contributed by atoms with van der Waals surface area (Å²) in [5, 5.41) is 50.4. The van der Waals surface area contributed by atoms with E-state index in [2.05, 4.69) is 17.6 Å². The van der Waals surface area contributed by atoms with Gasteiger partial charge in [-0.15, -0.1) is 0 Å². The Bertz CT molecular complexity index is 881.